The standard InChI is InChI=1S/C20H21F2N3O2/c1-11-17(23-10-27-11)20(26)25-9-14(13-3-2-4-15(21)16(13)22)19-18(25)12-5-7-24(19)8-6-12/h2-4,10,12,14,18-19H,5-9H2,1H3/t14-,18+,19+/m0/s1. The lowest BCUT2D eigenvalue weighted by atomic mass is 9.75. The summed E-state index contributed by atoms with van der Waals surface area (Å²) in [4.78, 5) is 21.5. The average molecular weight is 373 g/mol. The van der Waals surface area contributed by atoms with E-state index < -0.39 is 11.6 Å². The van der Waals surface area contributed by atoms with Gasteiger partial charge in [0.1, 0.15) is 5.76 Å². The molecule has 0 saturated carbocycles. The molecule has 1 amide bonds. The molecule has 5 heterocycles. The number of oxazole rings is 1. The van der Waals surface area contributed by atoms with E-state index >= 15 is 0 Å². The number of aryl methyl sites for hydroxylation is 1. The second kappa shape index (κ2) is 6.12. The molecule has 2 bridgehead atoms. The topological polar surface area (TPSA) is 49.6 Å². The molecule has 1 aromatic carbocycles. The third kappa shape index (κ3) is 2.44. The molecular weight excluding hydrogens is 352 g/mol. The first kappa shape index (κ1) is 16.9. The predicted molar refractivity (Wildman–Crippen MR) is 93.2 cm³/mol. The van der Waals surface area contributed by atoms with Crippen LogP contribution >= 0.6 is 0 Å². The summed E-state index contributed by atoms with van der Waals surface area (Å²) < 4.78 is 33.7. The van der Waals surface area contributed by atoms with Crippen LogP contribution < -0.4 is 0 Å². The van der Waals surface area contributed by atoms with Crippen LogP contribution in [0.5, 0.6) is 0 Å². The molecule has 27 heavy (non-hydrogen) atoms. The summed E-state index contributed by atoms with van der Waals surface area (Å²) in [6.07, 6.45) is 3.33. The van der Waals surface area contributed by atoms with E-state index in [0.717, 1.165) is 32.0 Å². The molecule has 0 N–H and O–H groups in total. The number of carbonyl (C=O) groups is 1. The van der Waals surface area contributed by atoms with E-state index in [2.05, 4.69) is 9.88 Å². The van der Waals surface area contributed by atoms with Crippen molar-refractivity contribution in [3.05, 3.63) is 53.2 Å². The third-order valence-corrected chi connectivity index (χ3v) is 6.58. The van der Waals surface area contributed by atoms with Gasteiger partial charge in [0.05, 0.1) is 6.04 Å². The highest BCUT2D eigenvalue weighted by molar-refractivity contribution is 5.93. The van der Waals surface area contributed by atoms with Crippen LogP contribution in [0.2, 0.25) is 0 Å². The monoisotopic (exact) mass is 373 g/mol. The smallest absolute Gasteiger partial charge is 0.276 e. The van der Waals surface area contributed by atoms with Crippen LogP contribution in [0.25, 0.3) is 0 Å². The molecule has 4 aliphatic heterocycles. The van der Waals surface area contributed by atoms with Crippen LogP contribution in [-0.2, 0) is 0 Å². The highest BCUT2D eigenvalue weighted by Crippen LogP contribution is 2.47. The van der Waals surface area contributed by atoms with Gasteiger partial charge < -0.3 is 9.32 Å². The van der Waals surface area contributed by atoms with Gasteiger partial charge in [-0.25, -0.2) is 13.8 Å². The molecule has 6 rings (SSSR count). The van der Waals surface area contributed by atoms with Crippen LogP contribution in [0.1, 0.15) is 40.6 Å². The highest BCUT2D eigenvalue weighted by atomic mass is 19.2. The number of aromatic nitrogens is 1. The summed E-state index contributed by atoms with van der Waals surface area (Å²) in [5.41, 5.74) is 0.676. The molecule has 142 valence electrons. The van der Waals surface area contributed by atoms with Gasteiger partial charge in [-0.15, -0.1) is 0 Å². The number of piperidine rings is 3. The van der Waals surface area contributed by atoms with Crippen LogP contribution in [0.15, 0.2) is 29.0 Å². The summed E-state index contributed by atoms with van der Waals surface area (Å²) in [6, 6.07) is 4.36. The number of likely N-dealkylation sites (tertiary alicyclic amines) is 1. The number of carbonyl (C=O) groups excluding carboxylic acids is 1. The Labute approximate surface area is 156 Å². The minimum Gasteiger partial charge on any atom is -0.448 e. The fourth-order valence-corrected chi connectivity index (χ4v) is 5.38. The number of amides is 1. The van der Waals surface area contributed by atoms with Gasteiger partial charge >= 0.3 is 0 Å². The zero-order valence-corrected chi connectivity index (χ0v) is 15.1. The van der Waals surface area contributed by atoms with E-state index in [9.17, 15) is 13.6 Å². The second-order valence-electron chi connectivity index (χ2n) is 7.82. The Bertz CT molecular complexity index is 891. The van der Waals surface area contributed by atoms with Gasteiger partial charge in [-0.2, -0.15) is 0 Å². The summed E-state index contributed by atoms with van der Waals surface area (Å²) in [5.74, 6) is -1.18. The molecule has 7 heteroatoms. The highest BCUT2D eigenvalue weighted by Gasteiger charge is 2.55. The summed E-state index contributed by atoms with van der Waals surface area (Å²) >= 11 is 0. The van der Waals surface area contributed by atoms with E-state index in [4.69, 9.17) is 4.42 Å². The van der Waals surface area contributed by atoms with Crippen molar-refractivity contribution in [2.24, 2.45) is 5.92 Å². The minimum absolute atomic E-state index is 0.00349. The fraction of sp³-hybridized carbons (Fsp3) is 0.500. The van der Waals surface area contributed by atoms with Crippen LogP contribution in [0.3, 0.4) is 0 Å². The molecule has 0 radical (unpaired) electrons. The number of halogens is 2. The molecule has 4 aliphatic rings. The molecule has 3 atom stereocenters. The fourth-order valence-electron chi connectivity index (χ4n) is 5.38. The number of fused-ring (bicyclic) bond motifs is 2. The van der Waals surface area contributed by atoms with Gasteiger partial charge in [-0.3, -0.25) is 9.69 Å². The molecule has 4 fully saturated rings. The van der Waals surface area contributed by atoms with Gasteiger partial charge in [0.15, 0.2) is 23.7 Å². The number of hydrogen-bond acceptors (Lipinski definition) is 4. The van der Waals surface area contributed by atoms with Crippen molar-refractivity contribution in [3.63, 3.8) is 0 Å². The molecule has 0 unspecified atom stereocenters. The van der Waals surface area contributed by atoms with Crippen LogP contribution in [-0.4, -0.2) is 52.4 Å². The van der Waals surface area contributed by atoms with Crippen molar-refractivity contribution in [2.75, 3.05) is 19.6 Å². The lowest BCUT2D eigenvalue weighted by molar-refractivity contribution is -0.00379. The maximum absolute atomic E-state index is 14.6. The van der Waals surface area contributed by atoms with E-state index in [0.29, 0.717) is 29.5 Å². The quantitative estimate of drug-likeness (QED) is 0.812. The Morgan fingerprint density at radius 1 is 1.22 bits per heavy atom. The zero-order chi connectivity index (χ0) is 18.7. The van der Waals surface area contributed by atoms with Gasteiger partial charge in [-0.1, -0.05) is 12.1 Å². The SMILES string of the molecule is Cc1ocnc1C(=O)N1C[C@@H](c2cccc(F)c2F)[C@@H]2[C@H]1C1CCN2CC1. The largest absolute Gasteiger partial charge is 0.448 e. The first-order valence-corrected chi connectivity index (χ1v) is 9.45. The second-order valence-corrected chi connectivity index (χ2v) is 7.82. The molecule has 0 aliphatic carbocycles. The van der Waals surface area contributed by atoms with Gasteiger partial charge in [0.25, 0.3) is 5.91 Å². The maximum atomic E-state index is 14.6. The molecule has 0 spiro atoms. The van der Waals surface area contributed by atoms with Crippen LogP contribution in [0.4, 0.5) is 8.78 Å². The molecule has 2 aromatic rings. The van der Waals surface area contributed by atoms with Gasteiger partial charge in [0, 0.05) is 18.5 Å². The van der Waals surface area contributed by atoms with E-state index in [1.54, 1.807) is 19.1 Å². The van der Waals surface area contributed by atoms with Crippen molar-refractivity contribution >= 4 is 5.91 Å². The Hall–Kier alpha value is -2.28. The number of benzene rings is 1. The van der Waals surface area contributed by atoms with Crippen molar-refractivity contribution in [1.82, 2.24) is 14.8 Å². The first-order valence-electron chi connectivity index (χ1n) is 9.45. The molecule has 1 aromatic heterocycles. The normalized spacial score (nSPS) is 32.0. The van der Waals surface area contributed by atoms with Crippen molar-refractivity contribution in [2.45, 2.75) is 37.8 Å². The number of nitrogens with zero attached hydrogens (tertiary/aromatic N) is 3. The summed E-state index contributed by atoms with van der Waals surface area (Å²) in [6.45, 7) is 3.98. The number of hydrogen-bond donors (Lipinski definition) is 0. The molecule has 4 saturated heterocycles. The van der Waals surface area contributed by atoms with Gasteiger partial charge in [-0.05, 0) is 50.4 Å². The lowest BCUT2D eigenvalue weighted by Crippen LogP contribution is -2.60. The Morgan fingerprint density at radius 3 is 2.70 bits per heavy atom. The zero-order valence-electron chi connectivity index (χ0n) is 15.1. The summed E-state index contributed by atoms with van der Waals surface area (Å²) in [5, 5.41) is 0. The first-order chi connectivity index (χ1) is 13.1. The Kier molecular flexibility index (Phi) is 3.82. The summed E-state index contributed by atoms with van der Waals surface area (Å²) in [7, 11) is 0. The average Bonchev–Trinajstić information content (AvgIpc) is 3.30. The Balaban J connectivity index is 1.57. The third-order valence-electron chi connectivity index (χ3n) is 6.58. The predicted octanol–water partition coefficient (Wildman–Crippen LogP) is 2.96. The lowest BCUT2D eigenvalue weighted by Gasteiger charge is -2.51. The van der Waals surface area contributed by atoms with Crippen molar-refractivity contribution < 1.29 is 18.0 Å². The van der Waals surface area contributed by atoms with E-state index in [1.807, 2.05) is 4.90 Å². The Morgan fingerprint density at radius 2 is 2.00 bits per heavy atom. The maximum Gasteiger partial charge on any atom is 0.276 e. The van der Waals surface area contributed by atoms with Crippen LogP contribution in [0, 0.1) is 24.5 Å². The van der Waals surface area contributed by atoms with Crippen molar-refractivity contribution in [1.29, 1.82) is 0 Å². The number of rotatable bonds is 2. The van der Waals surface area contributed by atoms with Crippen molar-refractivity contribution in [3.8, 4) is 0 Å². The molecule has 5 nitrogen and oxygen atoms in total. The molecular formula is C20H21F2N3O2. The van der Waals surface area contributed by atoms with E-state index in [-0.39, 0.29) is 23.9 Å². The van der Waals surface area contributed by atoms with Gasteiger partial charge in [0.2, 0.25) is 0 Å². The van der Waals surface area contributed by atoms with E-state index in [1.165, 1.54) is 6.39 Å². The minimum atomic E-state index is -0.836.